The lowest BCUT2D eigenvalue weighted by molar-refractivity contribution is -0.0423. The van der Waals surface area contributed by atoms with E-state index in [0.29, 0.717) is 19.4 Å². The summed E-state index contributed by atoms with van der Waals surface area (Å²) in [7, 11) is -22.6. The van der Waals surface area contributed by atoms with Crippen molar-refractivity contribution in [3.63, 3.8) is 0 Å². The van der Waals surface area contributed by atoms with E-state index < -0.39 is 62.9 Å². The number of nitrogens with zero attached hydrogens (tertiary/aromatic N) is 4. The van der Waals surface area contributed by atoms with Gasteiger partial charge in [0.05, 0.1) is 25.6 Å². The number of aliphatic hydroxyl groups is 1. The molecule has 0 saturated carbocycles. The first kappa shape index (κ1) is 33.3. The van der Waals surface area contributed by atoms with E-state index in [4.69, 9.17) is 16.2 Å². The fraction of sp³-hybridized carbons (Fsp3) is 0.667. The van der Waals surface area contributed by atoms with Gasteiger partial charge in [-0.15, -0.1) is 0 Å². The molecule has 21 nitrogen and oxygen atoms in total. The van der Waals surface area contributed by atoms with Crippen LogP contribution < -0.4 is 11.5 Å². The van der Waals surface area contributed by atoms with Gasteiger partial charge in [-0.05, 0) is 25.8 Å². The number of nitrogen functional groups attached to an aromatic ring is 1. The molecule has 5 unspecified atom stereocenters. The first-order valence-electron chi connectivity index (χ1n) is 11.2. The highest BCUT2D eigenvalue weighted by atomic mass is 31.3. The molecule has 228 valence electrons. The smallest absolute Gasteiger partial charge is 0.390 e. The minimum atomic E-state index is -5.94. The summed E-state index contributed by atoms with van der Waals surface area (Å²) in [6, 6.07) is 0. The summed E-state index contributed by atoms with van der Waals surface area (Å²) in [4.78, 5) is 50.4. The van der Waals surface area contributed by atoms with Crippen LogP contribution >= 0.6 is 31.3 Å². The number of hydrogen-bond acceptors (Lipinski definition) is 16. The summed E-state index contributed by atoms with van der Waals surface area (Å²) in [5.74, 6) is 0.0988. The Bertz CT molecular complexity index is 1360. The Morgan fingerprint density at radius 2 is 1.55 bits per heavy atom. The third-order valence-corrected chi connectivity index (χ3v) is 11.0. The van der Waals surface area contributed by atoms with Crippen LogP contribution in [0.1, 0.15) is 31.9 Å². The molecule has 2 aromatic heterocycles. The van der Waals surface area contributed by atoms with Crippen molar-refractivity contribution in [3.05, 3.63) is 12.7 Å². The second-order valence-electron chi connectivity index (χ2n) is 8.11. The molecule has 0 bridgehead atoms. The van der Waals surface area contributed by atoms with Crippen LogP contribution in [0, 0.1) is 0 Å². The number of hydrogen-bond donors (Lipinski definition) is 7. The number of phosphoric acid groups is 4. The van der Waals surface area contributed by atoms with Gasteiger partial charge in [0, 0.05) is 6.42 Å². The average molecular weight is 656 g/mol. The number of ether oxygens (including phenoxy) is 1. The minimum Gasteiger partial charge on any atom is -0.390 e. The summed E-state index contributed by atoms with van der Waals surface area (Å²) in [6.45, 7) is -0.900. The maximum atomic E-state index is 12.2. The summed E-state index contributed by atoms with van der Waals surface area (Å²) in [5, 5.41) is 10.3. The SMILES string of the molecule is NCCCCCOP(=O)(O)OP(=O)(O)OP(=O)(O)OP(=O)(O)OC[C@H]1O[C@@H](n2cnc3c(N)ncnc32)CC1O. The van der Waals surface area contributed by atoms with Crippen LogP contribution in [-0.2, 0) is 45.0 Å². The van der Waals surface area contributed by atoms with Crippen molar-refractivity contribution in [3.8, 4) is 0 Å². The summed E-state index contributed by atoms with van der Waals surface area (Å²) >= 11 is 0. The zero-order valence-corrected chi connectivity index (χ0v) is 24.0. The van der Waals surface area contributed by atoms with Gasteiger partial charge in [0.1, 0.15) is 24.2 Å². The lowest BCUT2D eigenvalue weighted by Crippen LogP contribution is -2.26. The summed E-state index contributed by atoms with van der Waals surface area (Å²) in [5.41, 5.74) is 11.6. The predicted molar refractivity (Wildman–Crippen MR) is 132 cm³/mol. The molecular formula is C15H28N6O15P4. The molecule has 3 rings (SSSR count). The van der Waals surface area contributed by atoms with Crippen LogP contribution in [0.5, 0.6) is 0 Å². The highest BCUT2D eigenvalue weighted by molar-refractivity contribution is 7.69. The maximum Gasteiger partial charge on any atom is 0.490 e. The first-order chi connectivity index (χ1) is 18.5. The van der Waals surface area contributed by atoms with Crippen LogP contribution in [0.15, 0.2) is 12.7 Å². The molecular weight excluding hydrogens is 628 g/mol. The van der Waals surface area contributed by atoms with E-state index >= 15 is 0 Å². The second kappa shape index (κ2) is 13.4. The summed E-state index contributed by atoms with van der Waals surface area (Å²) < 4.78 is 75.5. The fourth-order valence-electron chi connectivity index (χ4n) is 3.36. The third kappa shape index (κ3) is 9.68. The van der Waals surface area contributed by atoms with Gasteiger partial charge in [0.15, 0.2) is 11.5 Å². The Kier molecular flexibility index (Phi) is 11.2. The van der Waals surface area contributed by atoms with Gasteiger partial charge in [-0.2, -0.15) is 12.9 Å². The number of aliphatic hydroxyl groups excluding tert-OH is 1. The molecule has 1 saturated heterocycles. The minimum absolute atomic E-state index is 0.0527. The van der Waals surface area contributed by atoms with Gasteiger partial charge in [0.2, 0.25) is 0 Å². The van der Waals surface area contributed by atoms with Crippen LogP contribution in [0.25, 0.3) is 11.2 Å². The lowest BCUT2D eigenvalue weighted by atomic mass is 10.2. The molecule has 7 atom stereocenters. The molecule has 0 aliphatic carbocycles. The molecule has 2 aromatic rings. The molecule has 3 heterocycles. The molecule has 0 spiro atoms. The molecule has 25 heteroatoms. The van der Waals surface area contributed by atoms with E-state index in [1.54, 1.807) is 0 Å². The molecule has 1 aliphatic heterocycles. The number of imidazole rings is 1. The zero-order chi connectivity index (χ0) is 29.8. The Labute approximate surface area is 225 Å². The molecule has 40 heavy (non-hydrogen) atoms. The third-order valence-electron chi connectivity index (χ3n) is 5.03. The number of phosphoric ester groups is 2. The molecule has 0 amide bonds. The predicted octanol–water partition coefficient (Wildman–Crippen LogP) is 0.670. The van der Waals surface area contributed by atoms with Crippen molar-refractivity contribution < 1.29 is 69.7 Å². The Morgan fingerprint density at radius 1 is 0.925 bits per heavy atom. The summed E-state index contributed by atoms with van der Waals surface area (Å²) in [6.07, 6.45) is 0.368. The average Bonchev–Trinajstić information content (AvgIpc) is 3.39. The Balaban J connectivity index is 1.53. The maximum absolute atomic E-state index is 12.2. The normalized spacial score (nSPS) is 25.7. The number of nitrogens with two attached hydrogens (primary N) is 2. The van der Waals surface area contributed by atoms with Gasteiger partial charge in [-0.1, -0.05) is 0 Å². The van der Waals surface area contributed by atoms with E-state index in [1.165, 1.54) is 17.2 Å². The highest BCUT2D eigenvalue weighted by Gasteiger charge is 2.46. The van der Waals surface area contributed by atoms with Gasteiger partial charge in [-0.25, -0.2) is 33.2 Å². The van der Waals surface area contributed by atoms with Gasteiger partial charge < -0.3 is 40.9 Å². The van der Waals surface area contributed by atoms with Crippen LogP contribution in [-0.4, -0.2) is 76.2 Å². The standard InChI is InChI=1S/C15H28N6O15P4/c16-4-2-1-3-5-31-37(23,24)34-39(27,28)36-40(29,30)35-38(25,26)32-7-11-10(22)6-12(33-11)21-9-20-13-14(17)18-8-19-15(13)21/h8-12,22H,1-7,16H2,(H,23,24)(H,25,26)(H,27,28)(H,29,30)(H2,17,18,19)/t10?,11-,12-/m1/s1. The first-order valence-corrected chi connectivity index (χ1v) is 17.2. The van der Waals surface area contributed by atoms with Gasteiger partial charge in [0.25, 0.3) is 0 Å². The van der Waals surface area contributed by atoms with E-state index in [9.17, 15) is 42.9 Å². The van der Waals surface area contributed by atoms with E-state index in [0.717, 1.165) is 0 Å². The second-order valence-corrected chi connectivity index (χ2v) is 14.3. The number of aromatic nitrogens is 4. The largest absolute Gasteiger partial charge is 0.490 e. The van der Waals surface area contributed by atoms with Crippen LogP contribution in [0.3, 0.4) is 0 Å². The van der Waals surface area contributed by atoms with E-state index in [2.05, 4.69) is 36.9 Å². The van der Waals surface area contributed by atoms with Crippen molar-refractivity contribution in [2.24, 2.45) is 5.73 Å². The molecule has 1 aliphatic rings. The lowest BCUT2D eigenvalue weighted by Gasteiger charge is -2.21. The number of fused-ring (bicyclic) bond motifs is 1. The molecule has 0 radical (unpaired) electrons. The fourth-order valence-corrected chi connectivity index (χ4v) is 8.33. The van der Waals surface area contributed by atoms with E-state index in [-0.39, 0.29) is 29.8 Å². The number of rotatable bonds is 16. The molecule has 1 fully saturated rings. The topological polar surface area (TPSA) is 320 Å². The van der Waals surface area contributed by atoms with Crippen molar-refractivity contribution >= 4 is 48.3 Å². The Hall–Kier alpha value is -1.21. The molecule has 9 N–H and O–H groups in total. The van der Waals surface area contributed by atoms with Crippen molar-refractivity contribution in [1.29, 1.82) is 0 Å². The van der Waals surface area contributed by atoms with E-state index in [1.807, 2.05) is 0 Å². The van der Waals surface area contributed by atoms with Crippen LogP contribution in [0.4, 0.5) is 5.82 Å². The van der Waals surface area contributed by atoms with Crippen molar-refractivity contribution in [2.45, 2.75) is 44.1 Å². The monoisotopic (exact) mass is 656 g/mol. The van der Waals surface area contributed by atoms with Gasteiger partial charge in [-0.3, -0.25) is 13.6 Å². The molecule has 0 aromatic carbocycles. The number of anilines is 1. The zero-order valence-electron chi connectivity index (χ0n) is 20.4. The van der Waals surface area contributed by atoms with Crippen molar-refractivity contribution in [2.75, 3.05) is 25.5 Å². The number of unbranched alkanes of at least 4 members (excludes halogenated alkanes) is 2. The van der Waals surface area contributed by atoms with Gasteiger partial charge >= 0.3 is 31.3 Å². The highest BCUT2D eigenvalue weighted by Crippen LogP contribution is 2.71. The van der Waals surface area contributed by atoms with Crippen LogP contribution in [0.2, 0.25) is 0 Å². The Morgan fingerprint density at radius 3 is 2.20 bits per heavy atom. The van der Waals surface area contributed by atoms with Crippen molar-refractivity contribution in [1.82, 2.24) is 19.5 Å². The quantitative estimate of drug-likeness (QED) is 0.0964.